The Morgan fingerprint density at radius 2 is 2.46 bits per heavy atom. The van der Waals surface area contributed by atoms with Crippen molar-refractivity contribution in [1.82, 2.24) is 14.9 Å². The molecule has 1 aliphatic rings. The Kier molecular flexibility index (Phi) is 2.60. The highest BCUT2D eigenvalue weighted by Gasteiger charge is 2.29. The maximum Gasteiger partial charge on any atom is 0.124 e. The van der Waals surface area contributed by atoms with Crippen molar-refractivity contribution in [2.45, 2.75) is 19.4 Å². The molecular weight excluding hydrogens is 277 g/mol. The Morgan fingerprint density at radius 3 is 2.92 bits per heavy atom. The van der Waals surface area contributed by atoms with Gasteiger partial charge >= 0.3 is 0 Å². The van der Waals surface area contributed by atoms with Gasteiger partial charge in [-0.1, -0.05) is 6.92 Å². The van der Waals surface area contributed by atoms with Crippen molar-refractivity contribution in [2.24, 2.45) is 5.92 Å². The highest BCUT2D eigenvalue weighted by atomic mass is 127. The average molecular weight is 291 g/mol. The fourth-order valence-corrected chi connectivity index (χ4v) is 2.47. The number of aromatic nitrogens is 2. The van der Waals surface area contributed by atoms with Crippen molar-refractivity contribution in [3.05, 3.63) is 15.7 Å². The van der Waals surface area contributed by atoms with Gasteiger partial charge in [-0.2, -0.15) is 0 Å². The number of nitrogens with one attached hydrogen (secondary N) is 1. The van der Waals surface area contributed by atoms with Gasteiger partial charge < -0.3 is 4.98 Å². The van der Waals surface area contributed by atoms with E-state index >= 15 is 0 Å². The van der Waals surface area contributed by atoms with Crippen LogP contribution < -0.4 is 0 Å². The minimum atomic E-state index is 0.499. The number of aromatic amines is 1. The second-order valence-electron chi connectivity index (χ2n) is 3.91. The second kappa shape index (κ2) is 3.57. The lowest BCUT2D eigenvalue weighted by molar-refractivity contribution is 0.304. The lowest BCUT2D eigenvalue weighted by Gasteiger charge is -2.16. The molecule has 2 atom stereocenters. The molecule has 0 radical (unpaired) electrons. The van der Waals surface area contributed by atoms with Gasteiger partial charge in [0.2, 0.25) is 0 Å². The van der Waals surface area contributed by atoms with Crippen LogP contribution >= 0.6 is 22.6 Å². The van der Waals surface area contributed by atoms with Crippen molar-refractivity contribution in [3.8, 4) is 0 Å². The molecular formula is C9H14IN3. The molecule has 72 valence electrons. The van der Waals surface area contributed by atoms with E-state index in [2.05, 4.69) is 51.4 Å². The Bertz CT molecular complexity index is 297. The topological polar surface area (TPSA) is 31.9 Å². The summed E-state index contributed by atoms with van der Waals surface area (Å²) in [6.07, 6.45) is 3.12. The summed E-state index contributed by atoms with van der Waals surface area (Å²) >= 11 is 2.26. The number of hydrogen-bond donors (Lipinski definition) is 1. The summed E-state index contributed by atoms with van der Waals surface area (Å²) in [4.78, 5) is 10.1. The fraction of sp³-hybridized carbons (Fsp3) is 0.667. The van der Waals surface area contributed by atoms with Crippen LogP contribution in [0.2, 0.25) is 0 Å². The summed E-state index contributed by atoms with van der Waals surface area (Å²) in [6, 6.07) is 0.499. The van der Waals surface area contributed by atoms with E-state index in [1.807, 2.05) is 6.20 Å². The third-order valence-corrected chi connectivity index (χ3v) is 3.19. The summed E-state index contributed by atoms with van der Waals surface area (Å²) in [5, 5.41) is 0. The van der Waals surface area contributed by atoms with Gasteiger partial charge in [0.1, 0.15) is 5.82 Å². The van der Waals surface area contributed by atoms with Crippen molar-refractivity contribution < 1.29 is 0 Å². The van der Waals surface area contributed by atoms with E-state index in [1.165, 1.54) is 13.0 Å². The summed E-state index contributed by atoms with van der Waals surface area (Å²) in [6.45, 7) is 3.48. The fourth-order valence-electron chi connectivity index (χ4n) is 2.06. The first-order valence-corrected chi connectivity index (χ1v) is 5.65. The maximum atomic E-state index is 4.38. The van der Waals surface area contributed by atoms with Gasteiger partial charge in [-0.25, -0.2) is 4.98 Å². The Balaban J connectivity index is 2.17. The highest BCUT2D eigenvalue weighted by Crippen LogP contribution is 2.31. The van der Waals surface area contributed by atoms with E-state index in [0.717, 1.165) is 15.4 Å². The number of nitrogens with zero attached hydrogens (tertiary/aromatic N) is 2. The third-order valence-electron chi connectivity index (χ3n) is 2.64. The molecule has 0 aromatic carbocycles. The van der Waals surface area contributed by atoms with Gasteiger partial charge in [-0.15, -0.1) is 0 Å². The smallest absolute Gasteiger partial charge is 0.124 e. The number of rotatable bonds is 1. The first-order chi connectivity index (χ1) is 6.16. The van der Waals surface area contributed by atoms with Crippen LogP contribution in [0.15, 0.2) is 6.20 Å². The second-order valence-corrected chi connectivity index (χ2v) is 5.07. The molecule has 0 spiro atoms. The van der Waals surface area contributed by atoms with E-state index in [0.29, 0.717) is 6.04 Å². The van der Waals surface area contributed by atoms with Gasteiger partial charge in [0.05, 0.1) is 15.9 Å². The Hall–Kier alpha value is -0.100. The molecule has 0 saturated carbocycles. The average Bonchev–Trinajstić information content (AvgIpc) is 2.58. The van der Waals surface area contributed by atoms with Gasteiger partial charge in [0.25, 0.3) is 0 Å². The number of halogens is 1. The molecule has 0 unspecified atom stereocenters. The molecule has 3 nitrogen and oxygen atoms in total. The lowest BCUT2D eigenvalue weighted by Crippen LogP contribution is -2.19. The van der Waals surface area contributed by atoms with Crippen LogP contribution in [-0.4, -0.2) is 28.5 Å². The maximum absolute atomic E-state index is 4.38. The zero-order valence-corrected chi connectivity index (χ0v) is 10.1. The molecule has 1 aromatic rings. The third kappa shape index (κ3) is 1.88. The van der Waals surface area contributed by atoms with E-state index in [9.17, 15) is 0 Å². The monoisotopic (exact) mass is 291 g/mol. The summed E-state index contributed by atoms with van der Waals surface area (Å²) < 4.78 is 1.13. The quantitative estimate of drug-likeness (QED) is 0.803. The summed E-state index contributed by atoms with van der Waals surface area (Å²) in [5.41, 5.74) is 0. The highest BCUT2D eigenvalue weighted by molar-refractivity contribution is 14.1. The predicted octanol–water partition coefficient (Wildman–Crippen LogP) is 2.03. The van der Waals surface area contributed by atoms with Gasteiger partial charge in [-0.3, -0.25) is 4.90 Å². The van der Waals surface area contributed by atoms with Crippen molar-refractivity contribution in [3.63, 3.8) is 0 Å². The lowest BCUT2D eigenvalue weighted by atomic mass is 10.1. The van der Waals surface area contributed by atoms with Crippen LogP contribution in [0.3, 0.4) is 0 Å². The van der Waals surface area contributed by atoms with Crippen LogP contribution in [-0.2, 0) is 0 Å². The van der Waals surface area contributed by atoms with Gasteiger partial charge in [0.15, 0.2) is 0 Å². The van der Waals surface area contributed by atoms with Crippen LogP contribution in [0.1, 0.15) is 25.2 Å². The van der Waals surface area contributed by atoms with Crippen LogP contribution in [0.5, 0.6) is 0 Å². The van der Waals surface area contributed by atoms with Crippen LogP contribution in [0, 0.1) is 9.62 Å². The Labute approximate surface area is 92.1 Å². The van der Waals surface area contributed by atoms with Crippen molar-refractivity contribution in [1.29, 1.82) is 0 Å². The normalized spacial score (nSPS) is 29.8. The zero-order valence-electron chi connectivity index (χ0n) is 7.92. The molecule has 1 N–H and O–H groups in total. The number of imidazole rings is 1. The first kappa shape index (κ1) is 9.45. The molecule has 1 aromatic heterocycles. The summed E-state index contributed by atoms with van der Waals surface area (Å²) in [5.74, 6) is 1.91. The van der Waals surface area contributed by atoms with E-state index in [1.54, 1.807) is 0 Å². The van der Waals surface area contributed by atoms with E-state index in [4.69, 9.17) is 0 Å². The zero-order chi connectivity index (χ0) is 9.42. The number of likely N-dealkylation sites (tertiary alicyclic amines) is 1. The van der Waals surface area contributed by atoms with Crippen molar-refractivity contribution >= 4 is 22.6 Å². The number of hydrogen-bond acceptors (Lipinski definition) is 2. The molecule has 0 amide bonds. The van der Waals surface area contributed by atoms with Crippen LogP contribution in [0.4, 0.5) is 0 Å². The molecule has 13 heavy (non-hydrogen) atoms. The first-order valence-electron chi connectivity index (χ1n) is 4.57. The molecule has 1 fully saturated rings. The molecule has 2 heterocycles. The minimum Gasteiger partial charge on any atom is -0.336 e. The van der Waals surface area contributed by atoms with E-state index < -0.39 is 0 Å². The van der Waals surface area contributed by atoms with Gasteiger partial charge in [-0.05, 0) is 42.0 Å². The standard InChI is InChI=1S/C9H14IN3/c1-6-3-7(13(2)5-6)9-11-4-8(10)12-9/h4,6-7H,3,5H2,1-2H3,(H,11,12)/t6-,7+/m1/s1. The molecule has 2 rings (SSSR count). The number of H-pyrrole nitrogens is 1. The predicted molar refractivity (Wildman–Crippen MR) is 60.5 cm³/mol. The molecule has 0 aliphatic carbocycles. The summed E-state index contributed by atoms with van der Waals surface area (Å²) in [7, 11) is 2.17. The Morgan fingerprint density at radius 1 is 1.69 bits per heavy atom. The minimum absolute atomic E-state index is 0.499. The van der Waals surface area contributed by atoms with Crippen molar-refractivity contribution in [2.75, 3.05) is 13.6 Å². The molecule has 1 saturated heterocycles. The van der Waals surface area contributed by atoms with Gasteiger partial charge in [0, 0.05) is 6.54 Å². The van der Waals surface area contributed by atoms with Crippen LogP contribution in [0.25, 0.3) is 0 Å². The molecule has 0 bridgehead atoms. The largest absolute Gasteiger partial charge is 0.336 e. The molecule has 1 aliphatic heterocycles. The van der Waals surface area contributed by atoms with E-state index in [-0.39, 0.29) is 0 Å². The SMILES string of the molecule is C[C@@H]1C[C@@H](c2ncc(I)[nH]2)N(C)C1. The molecule has 4 heteroatoms.